The third-order valence-electron chi connectivity index (χ3n) is 4.40. The van der Waals surface area contributed by atoms with Crippen molar-refractivity contribution in [1.29, 1.82) is 0 Å². The Morgan fingerprint density at radius 3 is 1.76 bits per heavy atom. The lowest BCUT2D eigenvalue weighted by atomic mass is 10.2. The molecule has 2 N–H and O–H groups in total. The maximum atomic E-state index is 13.3. The summed E-state index contributed by atoms with van der Waals surface area (Å²) in [7, 11) is -0.703. The number of sulfonamides is 1. The molecule has 0 radical (unpaired) electrons. The van der Waals surface area contributed by atoms with Gasteiger partial charge in [0.15, 0.2) is 5.03 Å². The Morgan fingerprint density at radius 1 is 0.862 bits per heavy atom. The molecule has 0 atom stereocenters. The molecule has 0 saturated heterocycles. The van der Waals surface area contributed by atoms with Crippen molar-refractivity contribution >= 4 is 15.7 Å². The molecule has 0 aliphatic heterocycles. The molecule has 0 saturated carbocycles. The molecule has 2 aromatic carbocycles. The number of nitrogens with zero attached hydrogens (tertiary/aromatic N) is 2. The van der Waals surface area contributed by atoms with E-state index in [-0.39, 0.29) is 18.1 Å². The van der Waals surface area contributed by atoms with Crippen molar-refractivity contribution in [3.63, 3.8) is 0 Å². The minimum atomic E-state index is -3.87. The van der Waals surface area contributed by atoms with Crippen LogP contribution in [-0.2, 0) is 23.1 Å². The first-order valence-corrected chi connectivity index (χ1v) is 10.3. The molecule has 0 amide bonds. The smallest absolute Gasteiger partial charge is 0.261 e. The summed E-state index contributed by atoms with van der Waals surface area (Å²) in [4.78, 5) is 4.02. The molecule has 3 aromatic rings. The first-order valence-electron chi connectivity index (χ1n) is 8.90. The maximum absolute atomic E-state index is 13.3. The predicted molar refractivity (Wildman–Crippen MR) is 111 cm³/mol. The third-order valence-corrected chi connectivity index (χ3v) is 6.09. The van der Waals surface area contributed by atoms with E-state index in [0.29, 0.717) is 17.2 Å². The highest BCUT2D eigenvalue weighted by molar-refractivity contribution is 7.89. The molecule has 0 aliphatic carbocycles. The van der Waals surface area contributed by atoms with E-state index in [4.69, 9.17) is 15.2 Å². The van der Waals surface area contributed by atoms with Crippen LogP contribution < -0.4 is 15.2 Å². The summed E-state index contributed by atoms with van der Waals surface area (Å²) in [5.41, 5.74) is 7.77. The van der Waals surface area contributed by atoms with Gasteiger partial charge < -0.3 is 15.2 Å². The zero-order valence-corrected chi connectivity index (χ0v) is 17.1. The van der Waals surface area contributed by atoms with Crippen LogP contribution in [0, 0.1) is 0 Å². The van der Waals surface area contributed by atoms with Gasteiger partial charge in [-0.05, 0) is 47.5 Å². The molecule has 0 aliphatic rings. The summed E-state index contributed by atoms with van der Waals surface area (Å²) in [5.74, 6) is 1.41. The second kappa shape index (κ2) is 8.93. The number of hydrogen-bond donors (Lipinski definition) is 1. The summed E-state index contributed by atoms with van der Waals surface area (Å²) in [6, 6.07) is 17.5. The van der Waals surface area contributed by atoms with E-state index < -0.39 is 10.0 Å². The Bertz CT molecular complexity index is 1000. The highest BCUT2D eigenvalue weighted by atomic mass is 32.2. The van der Waals surface area contributed by atoms with Crippen LogP contribution >= 0.6 is 0 Å². The normalized spacial score (nSPS) is 11.4. The minimum Gasteiger partial charge on any atom is -0.497 e. The van der Waals surface area contributed by atoms with Crippen LogP contribution in [0.2, 0.25) is 0 Å². The molecule has 8 heteroatoms. The van der Waals surface area contributed by atoms with Crippen molar-refractivity contribution in [2.75, 3.05) is 20.0 Å². The van der Waals surface area contributed by atoms with Gasteiger partial charge in [-0.3, -0.25) is 0 Å². The van der Waals surface area contributed by atoms with Crippen molar-refractivity contribution in [1.82, 2.24) is 9.29 Å². The number of nitrogens with two attached hydrogens (primary N) is 1. The third kappa shape index (κ3) is 5.04. The van der Waals surface area contributed by atoms with Gasteiger partial charge in [0.1, 0.15) is 11.5 Å². The van der Waals surface area contributed by atoms with Crippen molar-refractivity contribution in [3.05, 3.63) is 78.0 Å². The monoisotopic (exact) mass is 413 g/mol. The van der Waals surface area contributed by atoms with Crippen molar-refractivity contribution in [2.45, 2.75) is 18.1 Å². The number of nitrogen functional groups attached to an aromatic ring is 1. The van der Waals surface area contributed by atoms with Gasteiger partial charge in [-0.1, -0.05) is 24.3 Å². The van der Waals surface area contributed by atoms with Crippen LogP contribution in [-0.4, -0.2) is 31.9 Å². The standard InChI is InChI=1S/C21H23N3O4S/c1-27-19-7-3-16(4-8-19)14-24(15-17-5-9-20(28-2)10-6-17)29(25,26)21-13-18(22)11-12-23-21/h3-13H,14-15H2,1-2H3,(H2,22,23). The predicted octanol–water partition coefficient (Wildman–Crippen LogP) is 3.07. The molecular weight excluding hydrogens is 390 g/mol. The van der Waals surface area contributed by atoms with Crippen molar-refractivity contribution in [3.8, 4) is 11.5 Å². The molecule has 0 bridgehead atoms. The zero-order chi connectivity index (χ0) is 20.9. The number of hydrogen-bond acceptors (Lipinski definition) is 6. The quantitative estimate of drug-likeness (QED) is 0.610. The molecule has 0 spiro atoms. The zero-order valence-electron chi connectivity index (χ0n) is 16.3. The molecule has 0 unspecified atom stereocenters. The summed E-state index contributed by atoms with van der Waals surface area (Å²) >= 11 is 0. The fourth-order valence-electron chi connectivity index (χ4n) is 2.79. The molecular formula is C21H23N3O4S. The number of anilines is 1. The molecule has 152 valence electrons. The summed E-state index contributed by atoms with van der Waals surface area (Å²) < 4.78 is 38.3. The Labute approximate surface area is 170 Å². The Morgan fingerprint density at radius 2 is 1.34 bits per heavy atom. The highest BCUT2D eigenvalue weighted by Crippen LogP contribution is 2.23. The lowest BCUT2D eigenvalue weighted by Gasteiger charge is -2.22. The topological polar surface area (TPSA) is 94.8 Å². The van der Waals surface area contributed by atoms with Crippen LogP contribution in [0.4, 0.5) is 5.69 Å². The number of benzene rings is 2. The average molecular weight is 413 g/mol. The van der Waals surface area contributed by atoms with E-state index in [1.54, 1.807) is 44.6 Å². The molecule has 29 heavy (non-hydrogen) atoms. The Balaban J connectivity index is 1.94. The number of pyridine rings is 1. The van der Waals surface area contributed by atoms with E-state index in [1.807, 2.05) is 24.3 Å². The van der Waals surface area contributed by atoms with Gasteiger partial charge in [0.25, 0.3) is 10.0 Å². The molecule has 7 nitrogen and oxygen atoms in total. The SMILES string of the molecule is COc1ccc(CN(Cc2ccc(OC)cc2)S(=O)(=O)c2cc(N)ccn2)cc1. The maximum Gasteiger partial charge on any atom is 0.261 e. The summed E-state index contributed by atoms with van der Waals surface area (Å²) in [6.07, 6.45) is 1.39. The average Bonchev–Trinajstić information content (AvgIpc) is 2.74. The number of aromatic nitrogens is 1. The minimum absolute atomic E-state index is 0.0838. The molecule has 3 rings (SSSR count). The Kier molecular flexibility index (Phi) is 6.36. The number of methoxy groups -OCH3 is 2. The van der Waals surface area contributed by atoms with Crippen LogP contribution in [0.1, 0.15) is 11.1 Å². The van der Waals surface area contributed by atoms with E-state index in [9.17, 15) is 8.42 Å². The lowest BCUT2D eigenvalue weighted by Crippen LogP contribution is -2.31. The molecule has 1 aromatic heterocycles. The van der Waals surface area contributed by atoms with E-state index >= 15 is 0 Å². The summed E-state index contributed by atoms with van der Waals surface area (Å²) in [5, 5.41) is -0.0838. The van der Waals surface area contributed by atoms with Crippen molar-refractivity contribution < 1.29 is 17.9 Å². The van der Waals surface area contributed by atoms with Crippen molar-refractivity contribution in [2.24, 2.45) is 0 Å². The first-order chi connectivity index (χ1) is 13.9. The lowest BCUT2D eigenvalue weighted by molar-refractivity contribution is 0.396. The fourth-order valence-corrected chi connectivity index (χ4v) is 4.17. The second-order valence-electron chi connectivity index (χ2n) is 6.40. The van der Waals surface area contributed by atoms with Gasteiger partial charge in [0.05, 0.1) is 14.2 Å². The first kappa shape index (κ1) is 20.6. The van der Waals surface area contributed by atoms with E-state index in [1.165, 1.54) is 16.6 Å². The van der Waals surface area contributed by atoms with Gasteiger partial charge in [0.2, 0.25) is 0 Å². The Hall–Kier alpha value is -3.10. The molecule has 1 heterocycles. The van der Waals surface area contributed by atoms with Gasteiger partial charge >= 0.3 is 0 Å². The van der Waals surface area contributed by atoms with Gasteiger partial charge in [-0.25, -0.2) is 13.4 Å². The van der Waals surface area contributed by atoms with E-state index in [0.717, 1.165) is 11.1 Å². The van der Waals surface area contributed by atoms with Crippen LogP contribution in [0.3, 0.4) is 0 Å². The van der Waals surface area contributed by atoms with Gasteiger partial charge in [-0.2, -0.15) is 4.31 Å². The highest BCUT2D eigenvalue weighted by Gasteiger charge is 2.26. The summed E-state index contributed by atoms with van der Waals surface area (Å²) in [6.45, 7) is 0.351. The van der Waals surface area contributed by atoms with E-state index in [2.05, 4.69) is 4.98 Å². The van der Waals surface area contributed by atoms with Gasteiger partial charge in [-0.15, -0.1) is 0 Å². The number of rotatable bonds is 8. The fraction of sp³-hybridized carbons (Fsp3) is 0.190. The molecule has 0 fully saturated rings. The van der Waals surface area contributed by atoms with Gasteiger partial charge in [0, 0.05) is 25.0 Å². The second-order valence-corrected chi connectivity index (χ2v) is 8.28. The van der Waals surface area contributed by atoms with Crippen LogP contribution in [0.25, 0.3) is 0 Å². The van der Waals surface area contributed by atoms with Crippen LogP contribution in [0.15, 0.2) is 71.9 Å². The van der Waals surface area contributed by atoms with Crippen LogP contribution in [0.5, 0.6) is 11.5 Å². The number of ether oxygens (including phenoxy) is 2. The largest absolute Gasteiger partial charge is 0.497 e.